The number of rotatable bonds is 6. The van der Waals surface area contributed by atoms with E-state index < -0.39 is 0 Å². The summed E-state index contributed by atoms with van der Waals surface area (Å²) in [6.45, 7) is 4.32. The van der Waals surface area contributed by atoms with Crippen LogP contribution in [0.4, 0.5) is 5.13 Å². The van der Waals surface area contributed by atoms with Gasteiger partial charge in [0.05, 0.1) is 25.3 Å². The fraction of sp³-hybridized carbons (Fsp3) is 0.583. The number of aromatic nitrogens is 1. The molecule has 19 heavy (non-hydrogen) atoms. The van der Waals surface area contributed by atoms with Crippen molar-refractivity contribution in [1.82, 2.24) is 9.88 Å². The highest BCUT2D eigenvalue weighted by atomic mass is 32.1. The zero-order valence-corrected chi connectivity index (χ0v) is 12.4. The number of amides is 1. The normalized spacial score (nSPS) is 12.3. The predicted octanol–water partition coefficient (Wildman–Crippen LogP) is 1.13. The van der Waals surface area contributed by atoms with Crippen LogP contribution in [-0.2, 0) is 14.3 Å². The summed E-state index contributed by atoms with van der Waals surface area (Å²) in [5.41, 5.74) is 0.882. The molecule has 1 N–H and O–H groups in total. The van der Waals surface area contributed by atoms with Gasteiger partial charge in [0.25, 0.3) is 0 Å². The zero-order chi connectivity index (χ0) is 14.4. The second-order valence-corrected chi connectivity index (χ2v) is 5.32. The van der Waals surface area contributed by atoms with Crippen molar-refractivity contribution in [1.29, 1.82) is 0 Å². The van der Waals surface area contributed by atoms with Crippen LogP contribution in [0.25, 0.3) is 0 Å². The first-order valence-electron chi connectivity index (χ1n) is 5.90. The van der Waals surface area contributed by atoms with Gasteiger partial charge >= 0.3 is 5.97 Å². The Morgan fingerprint density at radius 1 is 1.58 bits per heavy atom. The highest BCUT2D eigenvalue weighted by Gasteiger charge is 2.17. The number of hydrogen-bond acceptors (Lipinski definition) is 6. The first-order valence-corrected chi connectivity index (χ1v) is 6.78. The van der Waals surface area contributed by atoms with E-state index in [1.807, 2.05) is 12.3 Å². The Bertz CT molecular complexity index is 447. The van der Waals surface area contributed by atoms with E-state index in [2.05, 4.69) is 15.0 Å². The van der Waals surface area contributed by atoms with Crippen LogP contribution in [0.5, 0.6) is 0 Å². The number of methoxy groups -OCH3 is 1. The molecule has 1 aromatic heterocycles. The number of anilines is 1. The van der Waals surface area contributed by atoms with Crippen molar-refractivity contribution in [2.75, 3.05) is 32.6 Å². The highest BCUT2D eigenvalue weighted by molar-refractivity contribution is 7.13. The first kappa shape index (κ1) is 15.6. The van der Waals surface area contributed by atoms with Crippen molar-refractivity contribution in [3.05, 3.63) is 11.1 Å². The minimum atomic E-state index is -0.275. The Labute approximate surface area is 116 Å². The summed E-state index contributed by atoms with van der Waals surface area (Å²) >= 11 is 1.39. The Balaban J connectivity index is 2.37. The van der Waals surface area contributed by atoms with Gasteiger partial charge in [-0.1, -0.05) is 6.92 Å². The highest BCUT2D eigenvalue weighted by Crippen LogP contribution is 2.14. The van der Waals surface area contributed by atoms with Crippen LogP contribution in [0.1, 0.15) is 12.6 Å². The third-order valence-electron chi connectivity index (χ3n) is 2.47. The molecule has 1 atom stereocenters. The molecule has 7 heteroatoms. The molecule has 0 bridgehead atoms. The summed E-state index contributed by atoms with van der Waals surface area (Å²) in [5.74, 6) is -0.679. The molecule has 1 aromatic rings. The number of hydrogen-bond donors (Lipinski definition) is 1. The molecule has 1 unspecified atom stereocenters. The maximum Gasteiger partial charge on any atom is 0.309 e. The number of thiazole rings is 1. The lowest BCUT2D eigenvalue weighted by molar-refractivity contribution is -0.145. The number of likely N-dealkylation sites (N-methyl/N-ethyl adjacent to an activating group) is 1. The smallest absolute Gasteiger partial charge is 0.309 e. The molecule has 0 aromatic carbocycles. The fourth-order valence-electron chi connectivity index (χ4n) is 1.62. The summed E-state index contributed by atoms with van der Waals surface area (Å²) in [6.07, 6.45) is 0. The standard InChI is InChI=1S/C12H19N3O3S/c1-8(11(17)18-4)5-15(3)6-10(16)14-12-13-9(2)7-19-12/h7-8H,5-6H2,1-4H3,(H,13,14,16). The molecule has 0 aliphatic heterocycles. The molecule has 0 aliphatic rings. The van der Waals surface area contributed by atoms with Crippen molar-refractivity contribution in [2.45, 2.75) is 13.8 Å². The molecule has 0 radical (unpaired) electrons. The molecule has 0 spiro atoms. The molecule has 0 aliphatic carbocycles. The van der Waals surface area contributed by atoms with Gasteiger partial charge in [-0.15, -0.1) is 11.3 Å². The fourth-order valence-corrected chi connectivity index (χ4v) is 2.33. The molecule has 6 nitrogen and oxygen atoms in total. The lowest BCUT2D eigenvalue weighted by atomic mass is 10.2. The Hall–Kier alpha value is -1.47. The van der Waals surface area contributed by atoms with E-state index >= 15 is 0 Å². The maximum atomic E-state index is 11.8. The monoisotopic (exact) mass is 285 g/mol. The molecule has 1 heterocycles. The number of carbonyl (C=O) groups is 2. The molecular formula is C12H19N3O3S. The minimum Gasteiger partial charge on any atom is -0.469 e. The number of carbonyl (C=O) groups excluding carboxylic acids is 2. The van der Waals surface area contributed by atoms with Crippen LogP contribution >= 0.6 is 11.3 Å². The van der Waals surface area contributed by atoms with Gasteiger partial charge in [0, 0.05) is 11.9 Å². The SMILES string of the molecule is COC(=O)C(C)CN(C)CC(=O)Nc1nc(C)cs1. The maximum absolute atomic E-state index is 11.8. The molecule has 0 fully saturated rings. The van der Waals surface area contributed by atoms with Gasteiger partial charge in [0.1, 0.15) is 0 Å². The topological polar surface area (TPSA) is 71.5 Å². The van der Waals surface area contributed by atoms with E-state index in [-0.39, 0.29) is 24.3 Å². The predicted molar refractivity (Wildman–Crippen MR) is 74.2 cm³/mol. The van der Waals surface area contributed by atoms with Crippen molar-refractivity contribution < 1.29 is 14.3 Å². The third kappa shape index (κ3) is 5.35. The van der Waals surface area contributed by atoms with Gasteiger partial charge in [-0.2, -0.15) is 0 Å². The van der Waals surface area contributed by atoms with E-state index in [0.717, 1.165) is 5.69 Å². The van der Waals surface area contributed by atoms with Crippen molar-refractivity contribution in [3.8, 4) is 0 Å². The summed E-state index contributed by atoms with van der Waals surface area (Å²) in [4.78, 5) is 28.9. The summed E-state index contributed by atoms with van der Waals surface area (Å²) in [7, 11) is 3.14. The average Bonchev–Trinajstić information content (AvgIpc) is 2.72. The van der Waals surface area contributed by atoms with Crippen LogP contribution in [0.2, 0.25) is 0 Å². The average molecular weight is 285 g/mol. The summed E-state index contributed by atoms with van der Waals surface area (Å²) < 4.78 is 4.64. The van der Waals surface area contributed by atoms with Gasteiger partial charge in [-0.3, -0.25) is 14.5 Å². The van der Waals surface area contributed by atoms with Gasteiger partial charge < -0.3 is 10.1 Å². The van der Waals surface area contributed by atoms with Crippen molar-refractivity contribution in [2.24, 2.45) is 5.92 Å². The number of ether oxygens (including phenoxy) is 1. The first-order chi connectivity index (χ1) is 8.92. The Kier molecular flexibility index (Phi) is 5.91. The Morgan fingerprint density at radius 3 is 2.79 bits per heavy atom. The van der Waals surface area contributed by atoms with Gasteiger partial charge in [0.15, 0.2) is 5.13 Å². The van der Waals surface area contributed by atoms with Crippen molar-refractivity contribution in [3.63, 3.8) is 0 Å². The van der Waals surface area contributed by atoms with E-state index in [9.17, 15) is 9.59 Å². The van der Waals surface area contributed by atoms with Crippen LogP contribution in [0, 0.1) is 12.8 Å². The van der Waals surface area contributed by atoms with Gasteiger partial charge in [-0.05, 0) is 14.0 Å². The summed E-state index contributed by atoms with van der Waals surface area (Å²) in [6, 6.07) is 0. The molecular weight excluding hydrogens is 266 g/mol. The molecule has 1 rings (SSSR count). The molecule has 106 valence electrons. The second kappa shape index (κ2) is 7.20. The van der Waals surface area contributed by atoms with Crippen LogP contribution in [-0.4, -0.2) is 49.0 Å². The van der Waals surface area contributed by atoms with E-state index in [0.29, 0.717) is 11.7 Å². The zero-order valence-electron chi connectivity index (χ0n) is 11.6. The molecule has 1 amide bonds. The van der Waals surface area contributed by atoms with E-state index in [4.69, 9.17) is 0 Å². The molecule has 0 saturated heterocycles. The largest absolute Gasteiger partial charge is 0.469 e. The second-order valence-electron chi connectivity index (χ2n) is 4.46. The number of nitrogens with one attached hydrogen (secondary N) is 1. The number of aryl methyl sites for hydroxylation is 1. The van der Waals surface area contributed by atoms with Crippen LogP contribution in [0.3, 0.4) is 0 Å². The number of esters is 1. The third-order valence-corrected chi connectivity index (χ3v) is 3.34. The lowest BCUT2D eigenvalue weighted by Crippen LogP contribution is -2.35. The Morgan fingerprint density at radius 2 is 2.26 bits per heavy atom. The van der Waals surface area contributed by atoms with Gasteiger partial charge in [0.2, 0.25) is 5.91 Å². The van der Waals surface area contributed by atoms with E-state index in [1.165, 1.54) is 18.4 Å². The van der Waals surface area contributed by atoms with Gasteiger partial charge in [-0.25, -0.2) is 4.98 Å². The van der Waals surface area contributed by atoms with Crippen molar-refractivity contribution >= 4 is 28.3 Å². The van der Waals surface area contributed by atoms with Crippen LogP contribution in [0.15, 0.2) is 5.38 Å². The minimum absolute atomic E-state index is 0.145. The van der Waals surface area contributed by atoms with Crippen LogP contribution < -0.4 is 5.32 Å². The number of nitrogens with zero attached hydrogens (tertiary/aromatic N) is 2. The van der Waals surface area contributed by atoms with E-state index in [1.54, 1.807) is 18.9 Å². The molecule has 0 saturated carbocycles. The summed E-state index contributed by atoms with van der Waals surface area (Å²) in [5, 5.41) is 5.19. The quantitative estimate of drug-likeness (QED) is 0.793. The lowest BCUT2D eigenvalue weighted by Gasteiger charge is -2.18.